The van der Waals surface area contributed by atoms with Crippen LogP contribution in [0, 0.1) is 0 Å². The van der Waals surface area contributed by atoms with Gasteiger partial charge in [0.2, 0.25) is 0 Å². The maximum absolute atomic E-state index is 11.2. The third-order valence-corrected chi connectivity index (χ3v) is 4.97. The Bertz CT molecular complexity index is 810. The molecule has 0 unspecified atom stereocenters. The first kappa shape index (κ1) is 11.7. The van der Waals surface area contributed by atoms with E-state index in [2.05, 4.69) is 16.0 Å². The summed E-state index contributed by atoms with van der Waals surface area (Å²) in [5.41, 5.74) is 2.97. The molecule has 2 aromatic heterocycles. The van der Waals surface area contributed by atoms with Crippen LogP contribution >= 0.6 is 11.3 Å². The van der Waals surface area contributed by atoms with Crippen molar-refractivity contribution in [1.29, 1.82) is 0 Å². The normalized spacial score (nSPS) is 13.8. The number of nitrogens with one attached hydrogen (secondary N) is 1. The second-order valence-electron chi connectivity index (χ2n) is 5.00. The second-order valence-corrected chi connectivity index (χ2v) is 6.14. The molecule has 2 heterocycles. The summed E-state index contributed by atoms with van der Waals surface area (Å²) in [5.74, 6) is -0.171. The summed E-state index contributed by atoms with van der Waals surface area (Å²) in [6.07, 6.45) is 3.54. The summed E-state index contributed by atoms with van der Waals surface area (Å²) in [4.78, 5) is 21.5. The number of aryl methyl sites for hydroxylation is 2. The van der Waals surface area contributed by atoms with E-state index < -0.39 is 5.97 Å². The first-order chi connectivity index (χ1) is 9.72. The standard InChI is InChI=1S/C15H12N2O2S/c18-15(19)9-4-2-5-10-13(9)17-14(16-10)12-7-8-3-1-6-11(8)20-12/h2,4-5,7H,1,3,6H2,(H,16,17)(H,18,19). The Morgan fingerprint density at radius 1 is 1.35 bits per heavy atom. The Morgan fingerprint density at radius 3 is 3.05 bits per heavy atom. The number of aromatic nitrogens is 2. The van der Waals surface area contributed by atoms with Crippen LogP contribution in [-0.4, -0.2) is 21.0 Å². The number of thiophene rings is 1. The Hall–Kier alpha value is -2.14. The topological polar surface area (TPSA) is 66.0 Å². The number of fused-ring (bicyclic) bond motifs is 2. The van der Waals surface area contributed by atoms with Crippen molar-refractivity contribution in [2.75, 3.05) is 0 Å². The molecule has 3 aromatic rings. The zero-order chi connectivity index (χ0) is 13.7. The molecule has 0 atom stereocenters. The molecule has 100 valence electrons. The van der Waals surface area contributed by atoms with Gasteiger partial charge in [-0.25, -0.2) is 9.78 Å². The van der Waals surface area contributed by atoms with Crippen LogP contribution in [0.1, 0.15) is 27.2 Å². The fourth-order valence-electron chi connectivity index (χ4n) is 2.77. The predicted octanol–water partition coefficient (Wildman–Crippen LogP) is 3.48. The summed E-state index contributed by atoms with van der Waals surface area (Å²) in [5, 5.41) is 9.21. The van der Waals surface area contributed by atoms with Crippen LogP contribution in [0.25, 0.3) is 21.7 Å². The van der Waals surface area contributed by atoms with Crippen LogP contribution in [-0.2, 0) is 12.8 Å². The highest BCUT2D eigenvalue weighted by atomic mass is 32.1. The fourth-order valence-corrected chi connectivity index (χ4v) is 3.97. The van der Waals surface area contributed by atoms with Gasteiger partial charge in [-0.15, -0.1) is 11.3 Å². The SMILES string of the molecule is O=C(O)c1cccc2[nH]c(-c3cc4c(s3)CCC4)nc12. The van der Waals surface area contributed by atoms with Crippen molar-refractivity contribution in [2.24, 2.45) is 0 Å². The summed E-state index contributed by atoms with van der Waals surface area (Å²) < 4.78 is 0. The highest BCUT2D eigenvalue weighted by molar-refractivity contribution is 7.15. The minimum atomic E-state index is -0.942. The predicted molar refractivity (Wildman–Crippen MR) is 78.4 cm³/mol. The number of rotatable bonds is 2. The smallest absolute Gasteiger partial charge is 0.337 e. The number of benzene rings is 1. The third kappa shape index (κ3) is 1.67. The van der Waals surface area contributed by atoms with E-state index >= 15 is 0 Å². The average Bonchev–Trinajstić information content (AvgIpc) is 3.10. The molecule has 0 spiro atoms. The van der Waals surface area contributed by atoms with Crippen LogP contribution < -0.4 is 0 Å². The second kappa shape index (κ2) is 4.18. The Balaban J connectivity index is 1.88. The molecule has 0 radical (unpaired) electrons. The quantitative estimate of drug-likeness (QED) is 0.757. The monoisotopic (exact) mass is 284 g/mol. The van der Waals surface area contributed by atoms with E-state index in [1.165, 1.54) is 16.9 Å². The van der Waals surface area contributed by atoms with E-state index in [4.69, 9.17) is 0 Å². The number of para-hydroxylation sites is 1. The zero-order valence-electron chi connectivity index (χ0n) is 10.6. The molecule has 5 heteroatoms. The van der Waals surface area contributed by atoms with E-state index in [9.17, 15) is 9.90 Å². The number of hydrogen-bond acceptors (Lipinski definition) is 3. The number of H-pyrrole nitrogens is 1. The molecule has 2 N–H and O–H groups in total. The molecule has 20 heavy (non-hydrogen) atoms. The van der Waals surface area contributed by atoms with Gasteiger partial charge in [0.1, 0.15) is 11.3 Å². The van der Waals surface area contributed by atoms with Gasteiger partial charge >= 0.3 is 5.97 Å². The lowest BCUT2D eigenvalue weighted by atomic mass is 10.2. The maximum atomic E-state index is 11.2. The fraction of sp³-hybridized carbons (Fsp3) is 0.200. The number of carboxylic acids is 1. The maximum Gasteiger partial charge on any atom is 0.337 e. The van der Waals surface area contributed by atoms with Gasteiger partial charge in [-0.05, 0) is 43.0 Å². The van der Waals surface area contributed by atoms with Crippen LogP contribution in [0.5, 0.6) is 0 Å². The summed E-state index contributed by atoms with van der Waals surface area (Å²) in [6.45, 7) is 0. The number of nitrogens with zero attached hydrogens (tertiary/aromatic N) is 1. The highest BCUT2D eigenvalue weighted by Gasteiger charge is 2.18. The molecule has 0 bridgehead atoms. The molecule has 1 aromatic carbocycles. The summed E-state index contributed by atoms with van der Waals surface area (Å²) in [6, 6.07) is 7.37. The van der Waals surface area contributed by atoms with Gasteiger partial charge in [0.25, 0.3) is 0 Å². The average molecular weight is 284 g/mol. The third-order valence-electron chi connectivity index (χ3n) is 3.72. The van der Waals surface area contributed by atoms with E-state index in [1.807, 2.05) is 6.07 Å². The molecule has 0 aliphatic heterocycles. The molecule has 0 amide bonds. The highest BCUT2D eigenvalue weighted by Crippen LogP contribution is 2.36. The first-order valence-corrected chi connectivity index (χ1v) is 7.38. The number of imidazole rings is 1. The van der Waals surface area contributed by atoms with Crippen LogP contribution in [0.3, 0.4) is 0 Å². The molecular weight excluding hydrogens is 272 g/mol. The van der Waals surface area contributed by atoms with Crippen LogP contribution in [0.15, 0.2) is 24.3 Å². The van der Waals surface area contributed by atoms with Crippen molar-refractivity contribution in [3.63, 3.8) is 0 Å². The molecule has 4 rings (SSSR count). The van der Waals surface area contributed by atoms with Crippen LogP contribution in [0.2, 0.25) is 0 Å². The summed E-state index contributed by atoms with van der Waals surface area (Å²) in [7, 11) is 0. The lowest BCUT2D eigenvalue weighted by Crippen LogP contribution is -1.96. The molecule has 1 aliphatic carbocycles. The van der Waals surface area contributed by atoms with Gasteiger partial charge in [-0.2, -0.15) is 0 Å². The van der Waals surface area contributed by atoms with Crippen molar-refractivity contribution < 1.29 is 9.90 Å². The number of hydrogen-bond donors (Lipinski definition) is 2. The first-order valence-electron chi connectivity index (χ1n) is 6.56. The van der Waals surface area contributed by atoms with Crippen molar-refractivity contribution in [3.8, 4) is 10.7 Å². The van der Waals surface area contributed by atoms with E-state index in [-0.39, 0.29) is 5.56 Å². The molecule has 0 fully saturated rings. The van der Waals surface area contributed by atoms with Crippen molar-refractivity contribution in [2.45, 2.75) is 19.3 Å². The summed E-state index contributed by atoms with van der Waals surface area (Å²) >= 11 is 1.76. The van der Waals surface area contributed by atoms with E-state index in [0.29, 0.717) is 5.52 Å². The minimum absolute atomic E-state index is 0.245. The van der Waals surface area contributed by atoms with Gasteiger partial charge in [0, 0.05) is 4.88 Å². The molecule has 4 nitrogen and oxygen atoms in total. The van der Waals surface area contributed by atoms with Gasteiger partial charge in [0.05, 0.1) is 16.0 Å². The van der Waals surface area contributed by atoms with E-state index in [0.717, 1.165) is 29.1 Å². The van der Waals surface area contributed by atoms with Crippen molar-refractivity contribution in [1.82, 2.24) is 9.97 Å². The molecule has 0 saturated carbocycles. The number of carbonyl (C=O) groups is 1. The minimum Gasteiger partial charge on any atom is -0.478 e. The molecule has 1 aliphatic rings. The van der Waals surface area contributed by atoms with E-state index in [1.54, 1.807) is 23.5 Å². The Kier molecular flexibility index (Phi) is 2.44. The molecule has 0 saturated heterocycles. The van der Waals surface area contributed by atoms with Crippen molar-refractivity contribution >= 4 is 28.3 Å². The van der Waals surface area contributed by atoms with Gasteiger partial charge in [-0.1, -0.05) is 6.07 Å². The Morgan fingerprint density at radius 2 is 2.25 bits per heavy atom. The van der Waals surface area contributed by atoms with Crippen molar-refractivity contribution in [3.05, 3.63) is 40.3 Å². The lowest BCUT2D eigenvalue weighted by Gasteiger charge is -1.93. The largest absolute Gasteiger partial charge is 0.478 e. The van der Waals surface area contributed by atoms with Gasteiger partial charge < -0.3 is 10.1 Å². The number of aromatic amines is 1. The number of carboxylic acid groups (broad SMARTS) is 1. The van der Waals surface area contributed by atoms with Crippen LogP contribution in [0.4, 0.5) is 0 Å². The lowest BCUT2D eigenvalue weighted by molar-refractivity contribution is 0.0699. The Labute approximate surface area is 119 Å². The number of aromatic carboxylic acids is 1. The van der Waals surface area contributed by atoms with Gasteiger partial charge in [0.15, 0.2) is 0 Å². The zero-order valence-corrected chi connectivity index (χ0v) is 11.5. The molecular formula is C15H12N2O2S. The van der Waals surface area contributed by atoms with Gasteiger partial charge in [-0.3, -0.25) is 0 Å².